The molecule has 2 aliphatic rings. The van der Waals surface area contributed by atoms with Crippen LogP contribution in [0.3, 0.4) is 0 Å². The van der Waals surface area contributed by atoms with Crippen LogP contribution in [0.15, 0.2) is 18.2 Å². The number of rotatable bonds is 7. The monoisotopic (exact) mass is 428 g/mol. The molecule has 7 heteroatoms. The molecule has 1 aromatic carbocycles. The van der Waals surface area contributed by atoms with Crippen molar-refractivity contribution in [3.63, 3.8) is 0 Å². The van der Waals surface area contributed by atoms with Gasteiger partial charge in [0.05, 0.1) is 5.56 Å². The summed E-state index contributed by atoms with van der Waals surface area (Å²) >= 11 is 0. The first-order valence-corrected chi connectivity index (χ1v) is 11.6. The van der Waals surface area contributed by atoms with Crippen molar-refractivity contribution in [2.75, 3.05) is 49.5 Å². The summed E-state index contributed by atoms with van der Waals surface area (Å²) in [5.74, 6) is 0.277. The predicted octanol–water partition coefficient (Wildman–Crippen LogP) is 3.21. The highest BCUT2D eigenvalue weighted by atomic mass is 16.2. The molecule has 1 aliphatic carbocycles. The Morgan fingerprint density at radius 2 is 1.77 bits per heavy atom. The number of nitrogens with zero attached hydrogens (tertiary/aromatic N) is 3. The Morgan fingerprint density at radius 1 is 1.06 bits per heavy atom. The van der Waals surface area contributed by atoms with Crippen molar-refractivity contribution in [2.24, 2.45) is 11.8 Å². The Kier molecular flexibility index (Phi) is 7.57. The summed E-state index contributed by atoms with van der Waals surface area (Å²) in [6.07, 6.45) is 2.92. The Balaban J connectivity index is 1.85. The summed E-state index contributed by atoms with van der Waals surface area (Å²) in [5.41, 5.74) is 2.12. The van der Waals surface area contributed by atoms with Gasteiger partial charge in [-0.3, -0.25) is 14.4 Å². The van der Waals surface area contributed by atoms with Crippen LogP contribution in [-0.4, -0.2) is 66.8 Å². The lowest BCUT2D eigenvalue weighted by Crippen LogP contribution is -2.37. The second-order valence-corrected chi connectivity index (χ2v) is 8.79. The molecule has 31 heavy (non-hydrogen) atoms. The van der Waals surface area contributed by atoms with Crippen molar-refractivity contribution in [1.82, 2.24) is 9.80 Å². The minimum Gasteiger partial charge on any atom is -0.369 e. The molecule has 0 radical (unpaired) electrons. The van der Waals surface area contributed by atoms with Crippen molar-refractivity contribution >= 4 is 29.1 Å². The van der Waals surface area contributed by atoms with Crippen molar-refractivity contribution in [2.45, 2.75) is 47.0 Å². The van der Waals surface area contributed by atoms with Crippen molar-refractivity contribution in [1.29, 1.82) is 0 Å². The van der Waals surface area contributed by atoms with E-state index >= 15 is 0 Å². The molecule has 3 rings (SSSR count). The fourth-order valence-electron chi connectivity index (χ4n) is 4.00. The lowest BCUT2D eigenvalue weighted by molar-refractivity contribution is -0.132. The molecule has 1 aliphatic heterocycles. The number of hydrogen-bond donors (Lipinski definition) is 1. The first-order valence-electron chi connectivity index (χ1n) is 11.6. The van der Waals surface area contributed by atoms with Crippen LogP contribution in [0, 0.1) is 11.8 Å². The van der Waals surface area contributed by atoms with Crippen LogP contribution in [0.2, 0.25) is 0 Å². The van der Waals surface area contributed by atoms with E-state index in [0.29, 0.717) is 37.4 Å². The van der Waals surface area contributed by atoms with Gasteiger partial charge in [-0.1, -0.05) is 13.8 Å². The van der Waals surface area contributed by atoms with Crippen LogP contribution in [0.1, 0.15) is 57.3 Å². The molecule has 0 aromatic heterocycles. The van der Waals surface area contributed by atoms with Crippen LogP contribution in [0.25, 0.3) is 0 Å². The van der Waals surface area contributed by atoms with E-state index in [4.69, 9.17) is 0 Å². The summed E-state index contributed by atoms with van der Waals surface area (Å²) in [6.45, 7) is 11.8. The zero-order chi connectivity index (χ0) is 22.5. The van der Waals surface area contributed by atoms with Gasteiger partial charge in [0.2, 0.25) is 11.8 Å². The van der Waals surface area contributed by atoms with Gasteiger partial charge in [-0.25, -0.2) is 0 Å². The first-order chi connectivity index (χ1) is 14.8. The molecule has 0 bridgehead atoms. The van der Waals surface area contributed by atoms with E-state index in [0.717, 1.165) is 38.0 Å². The van der Waals surface area contributed by atoms with Gasteiger partial charge in [0.1, 0.15) is 0 Å². The third-order valence-electron chi connectivity index (χ3n) is 6.14. The smallest absolute Gasteiger partial charge is 0.256 e. The maximum Gasteiger partial charge on any atom is 0.256 e. The van der Waals surface area contributed by atoms with E-state index < -0.39 is 0 Å². The molecule has 170 valence electrons. The molecule has 0 atom stereocenters. The molecule has 1 saturated heterocycles. The second kappa shape index (κ2) is 10.2. The Morgan fingerprint density at radius 3 is 2.39 bits per heavy atom. The number of hydrogen-bond acceptors (Lipinski definition) is 4. The standard InChI is InChI=1S/C24H36N4O3/c1-5-26(6-2)24(31)20-16-19(25-22(29)17(3)4)10-11-21(20)27-12-7-13-28(15-14-27)23(30)18-8-9-18/h10-11,16-18H,5-9,12-15H2,1-4H3,(H,25,29). The molecule has 7 nitrogen and oxygen atoms in total. The Labute approximate surface area is 185 Å². The summed E-state index contributed by atoms with van der Waals surface area (Å²) in [5, 5.41) is 2.91. The normalized spacial score (nSPS) is 16.8. The molecule has 2 fully saturated rings. The van der Waals surface area contributed by atoms with Gasteiger partial charge in [0, 0.05) is 62.5 Å². The SMILES string of the molecule is CCN(CC)C(=O)c1cc(NC(=O)C(C)C)ccc1N1CCCN(C(=O)C2CC2)CC1. The zero-order valence-electron chi connectivity index (χ0n) is 19.3. The van der Waals surface area contributed by atoms with Crippen LogP contribution >= 0.6 is 0 Å². The van der Waals surface area contributed by atoms with E-state index in [1.165, 1.54) is 0 Å². The van der Waals surface area contributed by atoms with Crippen molar-refractivity contribution in [3.05, 3.63) is 23.8 Å². The molecule has 0 spiro atoms. The summed E-state index contributed by atoms with van der Waals surface area (Å²) in [7, 11) is 0. The molecule has 1 heterocycles. The number of carbonyl (C=O) groups is 3. The van der Waals surface area contributed by atoms with Gasteiger partial charge in [-0.05, 0) is 51.3 Å². The second-order valence-electron chi connectivity index (χ2n) is 8.79. The van der Waals surface area contributed by atoms with E-state index in [9.17, 15) is 14.4 Å². The van der Waals surface area contributed by atoms with Gasteiger partial charge < -0.3 is 20.0 Å². The number of carbonyl (C=O) groups excluding carboxylic acids is 3. The van der Waals surface area contributed by atoms with Crippen LogP contribution < -0.4 is 10.2 Å². The molecule has 1 aromatic rings. The quantitative estimate of drug-likeness (QED) is 0.724. The highest BCUT2D eigenvalue weighted by Gasteiger charge is 2.34. The fraction of sp³-hybridized carbons (Fsp3) is 0.625. The average Bonchev–Trinajstić information content (AvgIpc) is 3.61. The van der Waals surface area contributed by atoms with Gasteiger partial charge >= 0.3 is 0 Å². The average molecular weight is 429 g/mol. The minimum atomic E-state index is -0.137. The van der Waals surface area contributed by atoms with E-state index in [1.54, 1.807) is 11.0 Å². The molecular formula is C24H36N4O3. The maximum absolute atomic E-state index is 13.3. The predicted molar refractivity (Wildman–Crippen MR) is 123 cm³/mol. The Hall–Kier alpha value is -2.57. The Bertz CT molecular complexity index is 815. The highest BCUT2D eigenvalue weighted by Crippen LogP contribution is 2.32. The highest BCUT2D eigenvalue weighted by molar-refractivity contribution is 6.02. The summed E-state index contributed by atoms with van der Waals surface area (Å²) in [6, 6.07) is 5.60. The minimum absolute atomic E-state index is 0.0317. The lowest BCUT2D eigenvalue weighted by atomic mass is 10.1. The van der Waals surface area contributed by atoms with Gasteiger partial charge in [-0.15, -0.1) is 0 Å². The number of benzene rings is 1. The van der Waals surface area contributed by atoms with E-state index in [2.05, 4.69) is 10.2 Å². The number of nitrogens with one attached hydrogen (secondary N) is 1. The number of amides is 3. The zero-order valence-corrected chi connectivity index (χ0v) is 19.3. The van der Waals surface area contributed by atoms with Crippen molar-refractivity contribution in [3.8, 4) is 0 Å². The maximum atomic E-state index is 13.3. The van der Waals surface area contributed by atoms with E-state index in [1.807, 2.05) is 44.7 Å². The van der Waals surface area contributed by atoms with E-state index in [-0.39, 0.29) is 29.6 Å². The summed E-state index contributed by atoms with van der Waals surface area (Å²) < 4.78 is 0. The lowest BCUT2D eigenvalue weighted by Gasteiger charge is -2.28. The van der Waals surface area contributed by atoms with Crippen molar-refractivity contribution < 1.29 is 14.4 Å². The van der Waals surface area contributed by atoms with Gasteiger partial charge in [-0.2, -0.15) is 0 Å². The third-order valence-corrected chi connectivity index (χ3v) is 6.14. The van der Waals surface area contributed by atoms with Gasteiger partial charge in [0.15, 0.2) is 0 Å². The number of anilines is 2. The van der Waals surface area contributed by atoms with Crippen LogP contribution in [0.5, 0.6) is 0 Å². The first kappa shape index (κ1) is 23.1. The summed E-state index contributed by atoms with van der Waals surface area (Å²) in [4.78, 5) is 44.0. The van der Waals surface area contributed by atoms with Crippen LogP contribution in [0.4, 0.5) is 11.4 Å². The molecular weight excluding hydrogens is 392 g/mol. The molecule has 3 amide bonds. The molecule has 1 N–H and O–H groups in total. The third kappa shape index (κ3) is 5.57. The molecule has 0 unspecified atom stereocenters. The molecule has 1 saturated carbocycles. The largest absolute Gasteiger partial charge is 0.369 e. The fourth-order valence-corrected chi connectivity index (χ4v) is 4.00. The van der Waals surface area contributed by atoms with Gasteiger partial charge in [0.25, 0.3) is 5.91 Å². The topological polar surface area (TPSA) is 73.0 Å². The van der Waals surface area contributed by atoms with Crippen LogP contribution in [-0.2, 0) is 9.59 Å².